The molecule has 0 saturated carbocycles. The molecule has 6 nitrogen and oxygen atoms in total. The molecule has 0 unspecified atom stereocenters. The van der Waals surface area contributed by atoms with E-state index in [0.29, 0.717) is 25.0 Å². The average Bonchev–Trinajstić information content (AvgIpc) is 2.88. The monoisotopic (exact) mass is 530 g/mol. The van der Waals surface area contributed by atoms with Crippen LogP contribution in [0.2, 0.25) is 0 Å². The zero-order valence-corrected chi connectivity index (χ0v) is 20.0. The van der Waals surface area contributed by atoms with E-state index in [2.05, 4.69) is 5.32 Å². The highest BCUT2D eigenvalue weighted by atomic mass is 19.4. The number of hydrogen-bond acceptors (Lipinski definition) is 5. The van der Waals surface area contributed by atoms with E-state index >= 15 is 0 Å². The predicted octanol–water partition coefficient (Wildman–Crippen LogP) is 5.33. The third-order valence-electron chi connectivity index (χ3n) is 6.88. The van der Waals surface area contributed by atoms with Crippen molar-refractivity contribution < 1.29 is 36.2 Å². The molecule has 4 N–H and O–H groups in total. The van der Waals surface area contributed by atoms with Gasteiger partial charge < -0.3 is 20.1 Å². The number of aliphatic hydroxyl groups excluding tert-OH is 1. The zero-order chi connectivity index (χ0) is 27.5. The van der Waals surface area contributed by atoms with Crippen LogP contribution in [0.15, 0.2) is 48.5 Å². The van der Waals surface area contributed by atoms with Gasteiger partial charge in [0.25, 0.3) is 0 Å². The lowest BCUT2D eigenvalue weighted by Crippen LogP contribution is -2.65. The van der Waals surface area contributed by atoms with Gasteiger partial charge in [0, 0.05) is 6.54 Å². The minimum Gasteiger partial charge on any atom is -0.394 e. The van der Waals surface area contributed by atoms with Crippen molar-refractivity contribution in [3.8, 4) is 0 Å². The van der Waals surface area contributed by atoms with Crippen molar-refractivity contribution in [3.05, 3.63) is 70.8 Å². The number of benzene rings is 2. The number of ether oxygens (including phenoxy) is 1. The molecule has 0 bridgehead atoms. The van der Waals surface area contributed by atoms with Crippen molar-refractivity contribution >= 4 is 12.7 Å². The minimum atomic E-state index is -4.96. The van der Waals surface area contributed by atoms with E-state index in [9.17, 15) is 31.4 Å². The van der Waals surface area contributed by atoms with E-state index in [0.717, 1.165) is 18.2 Å². The molecule has 0 radical (unpaired) electrons. The Morgan fingerprint density at radius 2 is 1.57 bits per heavy atom. The van der Waals surface area contributed by atoms with Gasteiger partial charge >= 0.3 is 12.4 Å². The lowest BCUT2D eigenvalue weighted by atomic mass is 9.76. The van der Waals surface area contributed by atoms with Crippen molar-refractivity contribution in [3.63, 3.8) is 0 Å². The van der Waals surface area contributed by atoms with E-state index in [1.54, 1.807) is 18.2 Å². The summed E-state index contributed by atoms with van der Waals surface area (Å²) in [5.41, 5.74) is -4.14. The van der Waals surface area contributed by atoms with Crippen LogP contribution in [0.5, 0.6) is 0 Å². The molecule has 37 heavy (non-hydrogen) atoms. The SMILES string of the molecule is C[C@@H](OC[C@]1(c2ccccc2)CC[C@](CO)(N(C=N)C=N)CN1)c1cc(C(F)(F)F)cc(C(F)(F)F)c1. The second kappa shape index (κ2) is 10.8. The summed E-state index contributed by atoms with van der Waals surface area (Å²) in [6.07, 6.45) is -8.48. The third-order valence-corrected chi connectivity index (χ3v) is 6.88. The standard InChI is InChI=1S/C25H28F6N4O2/c1-17(18-9-20(24(26,27)28)11-21(10-18)25(29,30)31)37-14-23(19-5-3-2-4-6-19)8-7-22(13-36,12-34-23)35(15-32)16-33/h2-6,9-11,15-17,32-34,36H,7-8,12-14H2,1H3/t17-,22+,23+/m1/s1. The first-order valence-electron chi connectivity index (χ1n) is 11.4. The van der Waals surface area contributed by atoms with Gasteiger partial charge in [-0.3, -0.25) is 10.8 Å². The summed E-state index contributed by atoms with van der Waals surface area (Å²) in [7, 11) is 0. The van der Waals surface area contributed by atoms with Crippen LogP contribution < -0.4 is 5.32 Å². The van der Waals surface area contributed by atoms with Crippen LogP contribution in [0, 0.1) is 10.8 Å². The van der Waals surface area contributed by atoms with Crippen LogP contribution in [0.3, 0.4) is 0 Å². The van der Waals surface area contributed by atoms with Gasteiger partial charge in [-0.1, -0.05) is 30.3 Å². The van der Waals surface area contributed by atoms with Crippen LogP contribution in [0.4, 0.5) is 26.3 Å². The summed E-state index contributed by atoms with van der Waals surface area (Å²) >= 11 is 0. The second-order valence-electron chi connectivity index (χ2n) is 9.14. The Bertz CT molecular complexity index is 1040. The molecule has 0 amide bonds. The number of halogens is 6. The second-order valence-corrected chi connectivity index (χ2v) is 9.14. The lowest BCUT2D eigenvalue weighted by molar-refractivity contribution is -0.143. The highest BCUT2D eigenvalue weighted by molar-refractivity contribution is 5.73. The number of alkyl halides is 6. The molecule has 1 fully saturated rings. The zero-order valence-electron chi connectivity index (χ0n) is 20.0. The number of nitrogens with one attached hydrogen (secondary N) is 3. The molecule has 2 aromatic rings. The van der Waals surface area contributed by atoms with Gasteiger partial charge in [0.05, 0.1) is 54.2 Å². The number of aliphatic hydroxyl groups is 1. The fourth-order valence-corrected chi connectivity index (χ4v) is 4.49. The Morgan fingerprint density at radius 3 is 2.00 bits per heavy atom. The van der Waals surface area contributed by atoms with Gasteiger partial charge in [-0.25, -0.2) is 0 Å². The first-order valence-corrected chi connectivity index (χ1v) is 11.4. The van der Waals surface area contributed by atoms with Crippen molar-refractivity contribution in [2.24, 2.45) is 0 Å². The Hall–Kier alpha value is -2.96. The summed E-state index contributed by atoms with van der Waals surface area (Å²) in [4.78, 5) is 1.28. The molecule has 1 heterocycles. The highest BCUT2D eigenvalue weighted by Gasteiger charge is 2.46. The van der Waals surface area contributed by atoms with E-state index in [4.69, 9.17) is 15.6 Å². The maximum absolute atomic E-state index is 13.3. The van der Waals surface area contributed by atoms with Crippen LogP contribution in [-0.4, -0.2) is 48.0 Å². The first kappa shape index (κ1) is 28.6. The number of nitrogens with zero attached hydrogens (tertiary/aromatic N) is 1. The summed E-state index contributed by atoms with van der Waals surface area (Å²) in [5, 5.41) is 28.5. The maximum atomic E-state index is 13.3. The molecule has 12 heteroatoms. The van der Waals surface area contributed by atoms with E-state index in [1.807, 2.05) is 12.1 Å². The third kappa shape index (κ3) is 6.13. The molecule has 1 aliphatic rings. The molecular weight excluding hydrogens is 502 g/mol. The Labute approximate surface area is 210 Å². The van der Waals surface area contributed by atoms with Gasteiger partial charge in [0.1, 0.15) is 0 Å². The number of hydrogen-bond donors (Lipinski definition) is 4. The summed E-state index contributed by atoms with van der Waals surface area (Å²) in [6.45, 7) is 1.09. The van der Waals surface area contributed by atoms with Crippen molar-refractivity contribution in [1.82, 2.24) is 10.2 Å². The fraction of sp³-hybridized carbons (Fsp3) is 0.440. The van der Waals surface area contributed by atoms with Crippen molar-refractivity contribution in [1.29, 1.82) is 10.8 Å². The first-order chi connectivity index (χ1) is 17.3. The smallest absolute Gasteiger partial charge is 0.394 e. The minimum absolute atomic E-state index is 0.0806. The molecule has 0 aromatic heterocycles. The van der Waals surface area contributed by atoms with Crippen LogP contribution in [-0.2, 0) is 22.6 Å². The molecule has 202 valence electrons. The van der Waals surface area contributed by atoms with E-state index in [1.165, 1.54) is 11.8 Å². The molecule has 1 aliphatic heterocycles. The van der Waals surface area contributed by atoms with Gasteiger partial charge in [-0.05, 0) is 49.1 Å². The van der Waals surface area contributed by atoms with E-state index < -0.39 is 40.7 Å². The summed E-state index contributed by atoms with van der Waals surface area (Å²) in [5.74, 6) is 0. The van der Waals surface area contributed by atoms with Crippen LogP contribution in [0.25, 0.3) is 0 Å². The average molecular weight is 531 g/mol. The molecule has 1 saturated heterocycles. The quantitative estimate of drug-likeness (QED) is 0.200. The fourth-order valence-electron chi connectivity index (χ4n) is 4.49. The molecule has 0 spiro atoms. The number of rotatable bonds is 9. The Morgan fingerprint density at radius 1 is 1.00 bits per heavy atom. The van der Waals surface area contributed by atoms with Crippen LogP contribution >= 0.6 is 0 Å². The van der Waals surface area contributed by atoms with Crippen molar-refractivity contribution in [2.75, 3.05) is 19.8 Å². The van der Waals surface area contributed by atoms with Gasteiger partial charge in [0.15, 0.2) is 0 Å². The Balaban J connectivity index is 1.90. The Kier molecular flexibility index (Phi) is 8.35. The molecule has 2 aromatic carbocycles. The summed E-state index contributed by atoms with van der Waals surface area (Å²) < 4.78 is 85.8. The van der Waals surface area contributed by atoms with Gasteiger partial charge in [-0.15, -0.1) is 0 Å². The molecule has 3 atom stereocenters. The summed E-state index contributed by atoms with van der Waals surface area (Å²) in [6, 6.07) is 10.4. The highest BCUT2D eigenvalue weighted by Crippen LogP contribution is 2.40. The topological polar surface area (TPSA) is 92.4 Å². The predicted molar refractivity (Wildman–Crippen MR) is 125 cm³/mol. The number of piperidine rings is 1. The van der Waals surface area contributed by atoms with Crippen LogP contribution in [0.1, 0.15) is 48.1 Å². The molecule has 3 rings (SSSR count). The van der Waals surface area contributed by atoms with Gasteiger partial charge in [0.2, 0.25) is 0 Å². The molecular formula is C25H28F6N4O2. The molecule has 0 aliphatic carbocycles. The maximum Gasteiger partial charge on any atom is 0.416 e. The largest absolute Gasteiger partial charge is 0.416 e. The normalized spacial score (nSPS) is 23.4. The lowest BCUT2D eigenvalue weighted by Gasteiger charge is -2.50. The van der Waals surface area contributed by atoms with Crippen molar-refractivity contribution in [2.45, 2.75) is 49.3 Å². The van der Waals surface area contributed by atoms with Gasteiger partial charge in [-0.2, -0.15) is 26.3 Å². The van der Waals surface area contributed by atoms with E-state index in [-0.39, 0.29) is 31.4 Å².